The first-order valence-electron chi connectivity index (χ1n) is 6.18. The van der Waals surface area contributed by atoms with Crippen molar-refractivity contribution in [1.82, 2.24) is 10.2 Å². The predicted molar refractivity (Wildman–Crippen MR) is 65.5 cm³/mol. The van der Waals surface area contributed by atoms with Crippen LogP contribution in [0.5, 0.6) is 0 Å². The van der Waals surface area contributed by atoms with Crippen molar-refractivity contribution in [1.29, 1.82) is 0 Å². The molecular weight excluding hydrogens is 200 g/mol. The number of likely N-dealkylation sites (N-methyl/N-ethyl adjacent to an activating group) is 1. The Morgan fingerprint density at radius 3 is 2.94 bits per heavy atom. The van der Waals surface area contributed by atoms with Crippen LogP contribution < -0.4 is 5.32 Å². The van der Waals surface area contributed by atoms with Crippen molar-refractivity contribution in [3.05, 3.63) is 23.7 Å². The molecule has 0 radical (unpaired) electrons. The second-order valence-electron chi connectivity index (χ2n) is 4.75. The van der Waals surface area contributed by atoms with Crippen LogP contribution in [0.1, 0.15) is 37.3 Å². The highest BCUT2D eigenvalue weighted by molar-refractivity contribution is 5.09. The summed E-state index contributed by atoms with van der Waals surface area (Å²) in [6.45, 7) is 6.54. The van der Waals surface area contributed by atoms with Crippen LogP contribution in [0.25, 0.3) is 0 Å². The van der Waals surface area contributed by atoms with Gasteiger partial charge in [-0.05, 0) is 52.4 Å². The average molecular weight is 222 g/mol. The maximum Gasteiger partial charge on any atom is 0.121 e. The fourth-order valence-corrected chi connectivity index (χ4v) is 2.45. The van der Waals surface area contributed by atoms with Crippen molar-refractivity contribution >= 4 is 0 Å². The van der Waals surface area contributed by atoms with E-state index in [1.165, 1.54) is 19.4 Å². The molecule has 1 fully saturated rings. The highest BCUT2D eigenvalue weighted by Gasteiger charge is 2.24. The minimum absolute atomic E-state index is 0.393. The van der Waals surface area contributed by atoms with Gasteiger partial charge in [0.15, 0.2) is 0 Å². The van der Waals surface area contributed by atoms with Crippen molar-refractivity contribution < 1.29 is 4.42 Å². The zero-order chi connectivity index (χ0) is 11.5. The Morgan fingerprint density at radius 1 is 1.50 bits per heavy atom. The molecule has 0 saturated carbocycles. The molecule has 2 rings (SSSR count). The molecule has 0 spiro atoms. The Balaban J connectivity index is 2.01. The smallest absolute Gasteiger partial charge is 0.121 e. The summed E-state index contributed by atoms with van der Waals surface area (Å²) in [6.07, 6.45) is 2.56. The molecule has 3 nitrogen and oxygen atoms in total. The molecule has 0 bridgehead atoms. The zero-order valence-electron chi connectivity index (χ0n) is 10.5. The molecule has 1 aromatic heterocycles. The minimum Gasteiger partial charge on any atom is -0.465 e. The lowest BCUT2D eigenvalue weighted by Crippen LogP contribution is -2.45. The van der Waals surface area contributed by atoms with Crippen molar-refractivity contribution in [3.63, 3.8) is 0 Å². The number of furan rings is 1. The number of hydrogen-bond donors (Lipinski definition) is 1. The summed E-state index contributed by atoms with van der Waals surface area (Å²) in [5.74, 6) is 2.10. The topological polar surface area (TPSA) is 28.4 Å². The van der Waals surface area contributed by atoms with Gasteiger partial charge in [-0.15, -0.1) is 0 Å². The maximum atomic E-state index is 5.71. The van der Waals surface area contributed by atoms with E-state index in [0.717, 1.165) is 18.1 Å². The number of hydrogen-bond acceptors (Lipinski definition) is 3. The number of piperidine rings is 1. The molecule has 90 valence electrons. The van der Waals surface area contributed by atoms with Crippen LogP contribution in [-0.2, 0) is 0 Å². The van der Waals surface area contributed by atoms with Crippen molar-refractivity contribution in [2.24, 2.45) is 0 Å². The fourth-order valence-electron chi connectivity index (χ4n) is 2.45. The van der Waals surface area contributed by atoms with E-state index in [1.807, 2.05) is 13.0 Å². The van der Waals surface area contributed by atoms with Gasteiger partial charge < -0.3 is 9.73 Å². The van der Waals surface area contributed by atoms with Gasteiger partial charge in [0.1, 0.15) is 11.5 Å². The van der Waals surface area contributed by atoms with Crippen molar-refractivity contribution in [3.8, 4) is 0 Å². The van der Waals surface area contributed by atoms with E-state index in [-0.39, 0.29) is 0 Å². The molecular formula is C13H22N2O. The summed E-state index contributed by atoms with van der Waals surface area (Å²) < 4.78 is 5.71. The highest BCUT2D eigenvalue weighted by Crippen LogP contribution is 2.25. The fraction of sp³-hybridized carbons (Fsp3) is 0.692. The lowest BCUT2D eigenvalue weighted by atomic mass is 10.0. The first-order chi connectivity index (χ1) is 7.70. The van der Waals surface area contributed by atoms with Crippen molar-refractivity contribution in [2.45, 2.75) is 38.8 Å². The summed E-state index contributed by atoms with van der Waals surface area (Å²) >= 11 is 0. The Morgan fingerprint density at radius 2 is 2.31 bits per heavy atom. The molecule has 1 aromatic rings. The second kappa shape index (κ2) is 5.02. The van der Waals surface area contributed by atoms with Gasteiger partial charge >= 0.3 is 0 Å². The highest BCUT2D eigenvalue weighted by atomic mass is 16.3. The number of likely N-dealkylation sites (tertiary alicyclic amines) is 1. The normalized spacial score (nSPS) is 24.6. The van der Waals surface area contributed by atoms with E-state index in [1.54, 1.807) is 0 Å². The van der Waals surface area contributed by atoms with Crippen LogP contribution in [-0.4, -0.2) is 31.1 Å². The van der Waals surface area contributed by atoms with Gasteiger partial charge in [0, 0.05) is 12.6 Å². The maximum absolute atomic E-state index is 5.71. The van der Waals surface area contributed by atoms with Crippen LogP contribution >= 0.6 is 0 Å². The van der Waals surface area contributed by atoms with Crippen LogP contribution in [0, 0.1) is 6.92 Å². The van der Waals surface area contributed by atoms with Crippen LogP contribution in [0.2, 0.25) is 0 Å². The van der Waals surface area contributed by atoms with Gasteiger partial charge in [-0.3, -0.25) is 4.90 Å². The summed E-state index contributed by atoms with van der Waals surface area (Å²) in [6, 6.07) is 5.17. The van der Waals surface area contributed by atoms with Crippen molar-refractivity contribution in [2.75, 3.05) is 20.1 Å². The molecule has 0 aliphatic carbocycles. The Labute approximate surface area is 97.8 Å². The number of nitrogens with zero attached hydrogens (tertiary/aromatic N) is 1. The monoisotopic (exact) mass is 222 g/mol. The van der Waals surface area contributed by atoms with Gasteiger partial charge in [-0.2, -0.15) is 0 Å². The SMILES string of the molecule is CNC1CCCN(C(C)c2ccc(C)o2)C1. The number of aryl methyl sites for hydroxylation is 1. The minimum atomic E-state index is 0.393. The van der Waals surface area contributed by atoms with Gasteiger partial charge in [0.25, 0.3) is 0 Å². The van der Waals surface area contributed by atoms with E-state index in [4.69, 9.17) is 4.42 Å². The quantitative estimate of drug-likeness (QED) is 0.851. The molecule has 3 heteroatoms. The summed E-state index contributed by atoms with van der Waals surface area (Å²) in [7, 11) is 2.05. The standard InChI is InChI=1S/C13H22N2O/c1-10-6-7-13(16-10)11(2)15-8-4-5-12(9-15)14-3/h6-7,11-12,14H,4-5,8-9H2,1-3H3. The van der Waals surface area contributed by atoms with E-state index in [9.17, 15) is 0 Å². The van der Waals surface area contributed by atoms with Crippen LogP contribution in [0.3, 0.4) is 0 Å². The van der Waals surface area contributed by atoms with Gasteiger partial charge in [-0.25, -0.2) is 0 Å². The van der Waals surface area contributed by atoms with Gasteiger partial charge in [-0.1, -0.05) is 0 Å². The first-order valence-corrected chi connectivity index (χ1v) is 6.18. The molecule has 0 amide bonds. The van der Waals surface area contributed by atoms with E-state index in [2.05, 4.69) is 30.3 Å². The third-order valence-electron chi connectivity index (χ3n) is 3.58. The van der Waals surface area contributed by atoms with Crippen LogP contribution in [0.4, 0.5) is 0 Å². The molecule has 1 saturated heterocycles. The molecule has 16 heavy (non-hydrogen) atoms. The molecule has 1 aliphatic rings. The first kappa shape index (κ1) is 11.7. The molecule has 1 aliphatic heterocycles. The largest absolute Gasteiger partial charge is 0.465 e. The molecule has 2 heterocycles. The van der Waals surface area contributed by atoms with Gasteiger partial charge in [0.05, 0.1) is 6.04 Å². The predicted octanol–water partition coefficient (Wildman–Crippen LogP) is 2.33. The summed E-state index contributed by atoms with van der Waals surface area (Å²) in [5, 5.41) is 3.37. The van der Waals surface area contributed by atoms with E-state index < -0.39 is 0 Å². The molecule has 0 aromatic carbocycles. The van der Waals surface area contributed by atoms with E-state index >= 15 is 0 Å². The zero-order valence-corrected chi connectivity index (χ0v) is 10.5. The summed E-state index contributed by atoms with van der Waals surface area (Å²) in [5.41, 5.74) is 0. The molecule has 2 atom stereocenters. The van der Waals surface area contributed by atoms with Crippen LogP contribution in [0.15, 0.2) is 16.5 Å². The second-order valence-corrected chi connectivity index (χ2v) is 4.75. The Kier molecular flexibility index (Phi) is 3.66. The van der Waals surface area contributed by atoms with Gasteiger partial charge in [0.2, 0.25) is 0 Å². The average Bonchev–Trinajstić information content (AvgIpc) is 2.75. The Bertz CT molecular complexity index is 334. The lowest BCUT2D eigenvalue weighted by molar-refractivity contribution is 0.134. The Hall–Kier alpha value is -0.800. The number of nitrogens with one attached hydrogen (secondary N) is 1. The third-order valence-corrected chi connectivity index (χ3v) is 3.58. The number of rotatable bonds is 3. The summed E-state index contributed by atoms with van der Waals surface area (Å²) in [4.78, 5) is 2.50. The lowest BCUT2D eigenvalue weighted by Gasteiger charge is -2.35. The van der Waals surface area contributed by atoms with E-state index in [0.29, 0.717) is 12.1 Å². The third kappa shape index (κ3) is 2.47. The molecule has 1 N–H and O–H groups in total. The molecule has 2 unspecified atom stereocenters.